The minimum absolute atomic E-state index is 0.0486. The molecule has 11 heteroatoms. The van der Waals surface area contributed by atoms with Gasteiger partial charge in [0.2, 0.25) is 26.0 Å². The molecular formula is C44H51N3O6S2. The van der Waals surface area contributed by atoms with Crippen LogP contribution in [0.3, 0.4) is 0 Å². The predicted molar refractivity (Wildman–Crippen MR) is 218 cm³/mol. The molecule has 0 unspecified atom stereocenters. The molecule has 0 heterocycles. The Morgan fingerprint density at radius 2 is 1.09 bits per heavy atom. The SMILES string of the molecule is CC(C)CN(C[C@@H](O)[C@H](Cc1ccccc1)NC(=O)[C@@H](C)CS(=O)(=O)N(Cc1ccccc1)C(c1ccccc1)c1ccccc1)S(=O)(=O)c1ccccc1. The third-order valence-corrected chi connectivity index (χ3v) is 13.2. The summed E-state index contributed by atoms with van der Waals surface area (Å²) in [5, 5.41) is 14.7. The molecule has 0 saturated heterocycles. The van der Waals surface area contributed by atoms with Gasteiger partial charge in [0.1, 0.15) is 0 Å². The molecule has 5 aromatic carbocycles. The average Bonchev–Trinajstić information content (AvgIpc) is 3.18. The van der Waals surface area contributed by atoms with Gasteiger partial charge in [-0.25, -0.2) is 16.8 Å². The molecule has 9 nitrogen and oxygen atoms in total. The van der Waals surface area contributed by atoms with Gasteiger partial charge in [-0.05, 0) is 46.7 Å². The number of sulfonamides is 2. The van der Waals surface area contributed by atoms with Crippen LogP contribution in [0, 0.1) is 11.8 Å². The molecule has 0 aliphatic carbocycles. The Morgan fingerprint density at radius 3 is 1.58 bits per heavy atom. The highest BCUT2D eigenvalue weighted by atomic mass is 32.2. The zero-order valence-electron chi connectivity index (χ0n) is 31.6. The normalized spacial score (nSPS) is 13.9. The summed E-state index contributed by atoms with van der Waals surface area (Å²) < 4.78 is 59.6. The van der Waals surface area contributed by atoms with Crippen LogP contribution in [-0.2, 0) is 37.8 Å². The van der Waals surface area contributed by atoms with Gasteiger partial charge in [0.05, 0.1) is 34.8 Å². The maximum Gasteiger partial charge on any atom is 0.243 e. The number of hydrogen-bond acceptors (Lipinski definition) is 6. The second-order valence-electron chi connectivity index (χ2n) is 14.3. The second kappa shape index (κ2) is 19.3. The van der Waals surface area contributed by atoms with Crippen molar-refractivity contribution in [3.8, 4) is 0 Å². The van der Waals surface area contributed by atoms with Crippen LogP contribution in [-0.4, -0.2) is 67.4 Å². The first-order chi connectivity index (χ1) is 26.3. The fourth-order valence-electron chi connectivity index (χ4n) is 6.63. The zero-order valence-corrected chi connectivity index (χ0v) is 33.2. The van der Waals surface area contributed by atoms with Crippen molar-refractivity contribution in [3.63, 3.8) is 0 Å². The highest BCUT2D eigenvalue weighted by Gasteiger charge is 2.36. The lowest BCUT2D eigenvalue weighted by molar-refractivity contribution is -0.125. The van der Waals surface area contributed by atoms with Crippen LogP contribution in [0.5, 0.6) is 0 Å². The summed E-state index contributed by atoms with van der Waals surface area (Å²) in [5.41, 5.74) is 3.18. The average molecular weight is 782 g/mol. The van der Waals surface area contributed by atoms with E-state index in [1.165, 1.54) is 20.7 Å². The molecule has 1 amide bonds. The summed E-state index contributed by atoms with van der Waals surface area (Å²) in [6, 6.07) is 44.0. The molecule has 3 atom stereocenters. The lowest BCUT2D eigenvalue weighted by Gasteiger charge is -2.33. The van der Waals surface area contributed by atoms with Crippen molar-refractivity contribution in [2.75, 3.05) is 18.8 Å². The zero-order chi connectivity index (χ0) is 39.4. The molecule has 0 bridgehead atoms. The number of carbonyl (C=O) groups excluding carboxylic acids is 1. The third kappa shape index (κ3) is 11.4. The van der Waals surface area contributed by atoms with Crippen LogP contribution >= 0.6 is 0 Å². The van der Waals surface area contributed by atoms with Gasteiger partial charge < -0.3 is 10.4 Å². The van der Waals surface area contributed by atoms with Crippen LogP contribution in [0.25, 0.3) is 0 Å². The van der Waals surface area contributed by atoms with Crippen LogP contribution in [0.1, 0.15) is 49.1 Å². The molecule has 0 radical (unpaired) electrons. The van der Waals surface area contributed by atoms with Crippen LogP contribution < -0.4 is 5.32 Å². The highest BCUT2D eigenvalue weighted by molar-refractivity contribution is 7.89. The van der Waals surface area contributed by atoms with Gasteiger partial charge in [-0.15, -0.1) is 0 Å². The van der Waals surface area contributed by atoms with Crippen molar-refractivity contribution < 1.29 is 26.7 Å². The summed E-state index contributed by atoms with van der Waals surface area (Å²) in [4.78, 5) is 14.2. The maximum atomic E-state index is 14.7. The standard InChI is InChI=1S/C44H51N3O6S2/c1-34(2)30-46(55(52,53)40-27-17-8-18-28-40)32-42(48)41(29-36-19-9-4-10-20-36)45-44(49)35(3)33-54(50,51)47(31-37-21-11-5-12-22-37)43(38-23-13-6-14-24-38)39-25-15-7-16-26-39/h4-28,34-35,41-43,48H,29-33H2,1-3H3,(H,45,49)/t35-,41-,42+/m0/s1. The Balaban J connectivity index is 1.43. The van der Waals surface area contributed by atoms with Crippen molar-refractivity contribution in [2.24, 2.45) is 11.8 Å². The van der Waals surface area contributed by atoms with Crippen molar-refractivity contribution in [3.05, 3.63) is 174 Å². The number of benzene rings is 5. The van der Waals surface area contributed by atoms with Gasteiger partial charge in [-0.3, -0.25) is 4.79 Å². The minimum Gasteiger partial charge on any atom is -0.390 e. The van der Waals surface area contributed by atoms with E-state index in [4.69, 9.17) is 0 Å². The first-order valence-corrected chi connectivity index (χ1v) is 21.6. The van der Waals surface area contributed by atoms with Gasteiger partial charge in [0.15, 0.2) is 0 Å². The Kier molecular flexibility index (Phi) is 14.6. The number of hydrogen-bond donors (Lipinski definition) is 2. The van der Waals surface area contributed by atoms with Gasteiger partial charge in [0, 0.05) is 19.6 Å². The quantitative estimate of drug-likeness (QED) is 0.0964. The number of amides is 1. The Labute approximate surface area is 326 Å². The fraction of sp³-hybridized carbons (Fsp3) is 0.295. The van der Waals surface area contributed by atoms with E-state index in [9.17, 15) is 26.7 Å². The van der Waals surface area contributed by atoms with E-state index < -0.39 is 55.8 Å². The molecule has 0 saturated carbocycles. The van der Waals surface area contributed by atoms with Crippen LogP contribution in [0.2, 0.25) is 0 Å². The molecule has 0 aromatic heterocycles. The summed E-state index contributed by atoms with van der Waals surface area (Å²) in [5.74, 6) is -2.15. The second-order valence-corrected chi connectivity index (χ2v) is 18.2. The van der Waals surface area contributed by atoms with Crippen molar-refractivity contribution in [2.45, 2.75) is 56.8 Å². The first kappa shape index (κ1) is 41.5. The summed E-state index contributed by atoms with van der Waals surface area (Å²) in [6.07, 6.45) is -1.13. The lowest BCUT2D eigenvalue weighted by Crippen LogP contribution is -2.52. The first-order valence-electron chi connectivity index (χ1n) is 18.6. The van der Waals surface area contributed by atoms with Crippen LogP contribution in [0.15, 0.2) is 157 Å². The minimum atomic E-state index is -4.14. The van der Waals surface area contributed by atoms with Gasteiger partial charge in [-0.2, -0.15) is 8.61 Å². The van der Waals surface area contributed by atoms with E-state index in [0.717, 1.165) is 22.3 Å². The molecule has 0 aliphatic rings. The molecule has 0 spiro atoms. The Hall–Kier alpha value is -4.65. The summed E-state index contributed by atoms with van der Waals surface area (Å²) >= 11 is 0. The Bertz CT molecular complexity index is 2100. The maximum absolute atomic E-state index is 14.7. The van der Waals surface area contributed by atoms with Gasteiger partial charge >= 0.3 is 0 Å². The van der Waals surface area contributed by atoms with Gasteiger partial charge in [-0.1, -0.05) is 160 Å². The number of aliphatic hydroxyl groups excluding tert-OH is 1. The van der Waals surface area contributed by atoms with Gasteiger partial charge in [0.25, 0.3) is 0 Å². The molecule has 55 heavy (non-hydrogen) atoms. The van der Waals surface area contributed by atoms with E-state index in [2.05, 4.69) is 5.32 Å². The lowest BCUT2D eigenvalue weighted by atomic mass is 9.98. The third-order valence-electron chi connectivity index (χ3n) is 9.40. The van der Waals surface area contributed by atoms with E-state index in [1.807, 2.05) is 135 Å². The Morgan fingerprint density at radius 1 is 0.636 bits per heavy atom. The molecule has 290 valence electrons. The predicted octanol–water partition coefficient (Wildman–Crippen LogP) is 6.68. The molecule has 2 N–H and O–H groups in total. The molecule has 0 fully saturated rings. The van der Waals surface area contributed by atoms with E-state index in [1.54, 1.807) is 25.1 Å². The van der Waals surface area contributed by atoms with Crippen molar-refractivity contribution in [1.29, 1.82) is 0 Å². The largest absolute Gasteiger partial charge is 0.390 e. The fourth-order valence-corrected chi connectivity index (χ4v) is 10.2. The van der Waals surface area contributed by atoms with Crippen molar-refractivity contribution >= 4 is 26.0 Å². The van der Waals surface area contributed by atoms with Crippen LogP contribution in [0.4, 0.5) is 0 Å². The number of nitrogens with one attached hydrogen (secondary N) is 1. The number of aliphatic hydroxyl groups is 1. The smallest absolute Gasteiger partial charge is 0.243 e. The topological polar surface area (TPSA) is 124 Å². The van der Waals surface area contributed by atoms with E-state index in [-0.39, 0.29) is 36.9 Å². The molecule has 5 aromatic rings. The highest BCUT2D eigenvalue weighted by Crippen LogP contribution is 2.33. The van der Waals surface area contributed by atoms with E-state index >= 15 is 0 Å². The number of carbonyl (C=O) groups is 1. The molecular weight excluding hydrogens is 731 g/mol. The monoisotopic (exact) mass is 781 g/mol. The molecule has 0 aliphatic heterocycles. The number of nitrogens with zero attached hydrogens (tertiary/aromatic N) is 2. The summed E-state index contributed by atoms with van der Waals surface area (Å²) in [7, 11) is -8.12. The van der Waals surface area contributed by atoms with Crippen molar-refractivity contribution in [1.82, 2.24) is 13.9 Å². The summed E-state index contributed by atoms with van der Waals surface area (Å²) in [6.45, 7) is 5.29. The number of rotatable bonds is 19. The molecule has 5 rings (SSSR count). The van der Waals surface area contributed by atoms with E-state index in [0.29, 0.717) is 0 Å².